The van der Waals surface area contributed by atoms with Gasteiger partial charge in [0.05, 0.1) is 24.2 Å². The number of halogens is 2. The first kappa shape index (κ1) is 59.5. The summed E-state index contributed by atoms with van der Waals surface area (Å²) in [5, 5.41) is 22.3. The number of carbonyl (C=O) groups is 8. The highest BCUT2D eigenvalue weighted by Crippen LogP contribution is 2.39. The number of likely N-dealkylation sites (N-methyl/N-ethyl adjacent to an activating group) is 2. The van der Waals surface area contributed by atoms with Gasteiger partial charge >= 0.3 is 0 Å². The number of hydrogen-bond acceptors (Lipinski definition) is 14. The predicted octanol–water partition coefficient (Wildman–Crippen LogP) is 6.83. The van der Waals surface area contributed by atoms with Crippen LogP contribution in [-0.4, -0.2) is 130 Å². The molecule has 0 bridgehead atoms. The van der Waals surface area contributed by atoms with Gasteiger partial charge in [0.1, 0.15) is 45.1 Å². The second-order valence-corrected chi connectivity index (χ2v) is 23.8. The van der Waals surface area contributed by atoms with Gasteiger partial charge in [-0.05, 0) is 151 Å². The number of thiazole rings is 2. The van der Waals surface area contributed by atoms with Crippen LogP contribution in [0.2, 0.25) is 0 Å². The molecule has 4 heterocycles. The number of nitrogens with zero attached hydrogens (tertiary/aromatic N) is 4. The zero-order valence-corrected chi connectivity index (χ0v) is 48.0. The summed E-state index contributed by atoms with van der Waals surface area (Å²) in [5.74, 6) is -4.24. The van der Waals surface area contributed by atoms with Gasteiger partial charge in [-0.2, -0.15) is 0 Å². The van der Waals surface area contributed by atoms with Crippen molar-refractivity contribution in [2.75, 3.05) is 27.2 Å². The second-order valence-electron chi connectivity index (χ2n) is 22.0. The van der Waals surface area contributed by atoms with Crippen molar-refractivity contribution >= 4 is 69.7 Å². The Balaban J connectivity index is 0.916. The van der Waals surface area contributed by atoms with Crippen molar-refractivity contribution in [1.29, 1.82) is 0 Å². The molecule has 22 heteroatoms. The average Bonchev–Trinajstić information content (AvgIpc) is 4.35. The number of hydrogen-bond donors (Lipinski definition) is 6. The van der Waals surface area contributed by atoms with Crippen LogP contribution in [0, 0.1) is 23.5 Å². The van der Waals surface area contributed by atoms with E-state index in [4.69, 9.17) is 9.97 Å². The molecular formula is C60H70F2N10O8S2. The third-order valence-corrected chi connectivity index (χ3v) is 18.5. The molecule has 6 N–H and O–H groups in total. The number of carbonyl (C=O) groups excluding carboxylic acids is 8. The van der Waals surface area contributed by atoms with Gasteiger partial charge in [0.15, 0.2) is 0 Å². The standard InChI is InChI=1S/C60H70F2N10O8S2/c1-33(63-3)53(75)69-49(35-11-7-5-8-12-35)59(79)71-29-43(27-47(71)57-67-45(31-81-57)51(73)37-19-23-41(61)24-20-37)65-55(77)39-15-17-40(18-16-39)56(78)66-44-28-48(58-68-46(32-82-58)52(74)38-21-25-42(62)26-22-38)72(30-44)60(80)50(36-13-9-6-10-14-36)70-54(76)34(2)64-4/h15-26,31-36,43-44,47-50,63-64H,5-14,27-30H2,1-4H3,(H,65,77)(H,66,78)(H,69,75)(H,70,76)/t33-,34-,43-,44-,47-,48-,49-,50-/m0/s1. The van der Waals surface area contributed by atoms with Gasteiger partial charge in [0.2, 0.25) is 35.2 Å². The van der Waals surface area contributed by atoms with E-state index in [1.807, 2.05) is 0 Å². The number of rotatable bonds is 20. The lowest BCUT2D eigenvalue weighted by molar-refractivity contribution is -0.139. The summed E-state index contributed by atoms with van der Waals surface area (Å²) in [4.78, 5) is 125. The first-order valence-electron chi connectivity index (χ1n) is 28.3. The van der Waals surface area contributed by atoms with Crippen LogP contribution in [0.4, 0.5) is 8.78 Å². The normalized spacial score (nSPS) is 21.0. The van der Waals surface area contributed by atoms with Gasteiger partial charge in [-0.25, -0.2) is 18.7 Å². The molecule has 9 rings (SSSR count). The van der Waals surface area contributed by atoms with Gasteiger partial charge in [-0.1, -0.05) is 38.5 Å². The Morgan fingerprint density at radius 1 is 0.512 bits per heavy atom. The summed E-state index contributed by atoms with van der Waals surface area (Å²) < 4.78 is 27.5. The molecular weight excluding hydrogens is 1090 g/mol. The van der Waals surface area contributed by atoms with Crippen molar-refractivity contribution in [1.82, 2.24) is 51.7 Å². The average molecular weight is 1160 g/mol. The maximum absolute atomic E-state index is 14.9. The summed E-state index contributed by atoms with van der Waals surface area (Å²) in [5.41, 5.74) is 1.23. The molecule has 4 aliphatic rings. The Labute approximate surface area is 483 Å². The summed E-state index contributed by atoms with van der Waals surface area (Å²) >= 11 is 2.40. The quantitative estimate of drug-likeness (QED) is 0.0440. The zero-order chi connectivity index (χ0) is 58.2. The first-order valence-corrected chi connectivity index (χ1v) is 30.0. The van der Waals surface area contributed by atoms with E-state index in [1.165, 1.54) is 95.5 Å². The SMILES string of the molecule is CN[C@@H](C)C(=O)N[C@H](C(=O)N1C[C@@H](NC(=O)c2ccc(C(=O)N[C@H]3C[C@@H](c4nc(C(=O)c5ccc(F)cc5)cs4)N(C(=O)[C@@H](NC(=O)[C@H](C)NC)C4CCCCC4)C3)cc2)C[C@H]1c1nc(C(=O)c2ccc(F)cc2)cs1)C1CCCCC1. The van der Waals surface area contributed by atoms with E-state index in [0.717, 1.165) is 64.2 Å². The first-order chi connectivity index (χ1) is 39.5. The molecule has 0 radical (unpaired) electrons. The fourth-order valence-electron chi connectivity index (χ4n) is 11.6. The lowest BCUT2D eigenvalue weighted by Gasteiger charge is -2.35. The van der Waals surface area contributed by atoms with Crippen LogP contribution >= 0.6 is 22.7 Å². The third kappa shape index (κ3) is 13.8. The van der Waals surface area contributed by atoms with Crippen LogP contribution in [0.5, 0.6) is 0 Å². The second kappa shape index (κ2) is 26.8. The molecule has 2 aromatic heterocycles. The smallest absolute Gasteiger partial charge is 0.251 e. The molecule has 8 atom stereocenters. The van der Waals surface area contributed by atoms with Gasteiger partial charge in [0, 0.05) is 58.2 Å². The monoisotopic (exact) mass is 1160 g/mol. The summed E-state index contributed by atoms with van der Waals surface area (Å²) in [7, 11) is 3.34. The van der Waals surface area contributed by atoms with Crippen molar-refractivity contribution in [2.24, 2.45) is 11.8 Å². The van der Waals surface area contributed by atoms with Crippen molar-refractivity contribution in [2.45, 2.75) is 139 Å². The van der Waals surface area contributed by atoms with E-state index < -0.39 is 83.4 Å². The molecule has 2 aliphatic heterocycles. The van der Waals surface area contributed by atoms with Crippen LogP contribution in [-0.2, 0) is 19.2 Å². The Morgan fingerprint density at radius 3 is 1.20 bits per heavy atom. The minimum atomic E-state index is -0.846. The van der Waals surface area contributed by atoms with E-state index >= 15 is 0 Å². The molecule has 6 amide bonds. The Kier molecular flexibility index (Phi) is 19.5. The number of amides is 6. The van der Waals surface area contributed by atoms with Crippen LogP contribution < -0.4 is 31.9 Å². The number of nitrogens with one attached hydrogen (secondary N) is 6. The van der Waals surface area contributed by atoms with Gasteiger partial charge in [-0.15, -0.1) is 22.7 Å². The molecule has 4 fully saturated rings. The molecule has 5 aromatic rings. The summed E-state index contributed by atoms with van der Waals surface area (Å²) in [6.07, 6.45) is 9.19. The third-order valence-electron chi connectivity index (χ3n) is 16.6. The highest BCUT2D eigenvalue weighted by molar-refractivity contribution is 7.10. The fourth-order valence-corrected chi connectivity index (χ4v) is 13.5. The minimum absolute atomic E-state index is 0.0782. The molecule has 0 spiro atoms. The minimum Gasteiger partial charge on any atom is -0.347 e. The van der Waals surface area contributed by atoms with Gasteiger partial charge < -0.3 is 41.7 Å². The molecule has 2 aliphatic carbocycles. The lowest BCUT2D eigenvalue weighted by atomic mass is 9.83. The Morgan fingerprint density at radius 2 is 0.854 bits per heavy atom. The maximum atomic E-state index is 14.9. The maximum Gasteiger partial charge on any atom is 0.251 e. The van der Waals surface area contributed by atoms with Crippen molar-refractivity contribution in [3.63, 3.8) is 0 Å². The molecule has 0 unspecified atom stereocenters. The van der Waals surface area contributed by atoms with E-state index in [1.54, 1.807) is 48.5 Å². The molecule has 434 valence electrons. The van der Waals surface area contributed by atoms with Crippen LogP contribution in [0.1, 0.15) is 166 Å². The predicted molar refractivity (Wildman–Crippen MR) is 305 cm³/mol. The van der Waals surface area contributed by atoms with Crippen LogP contribution in [0.15, 0.2) is 83.6 Å². The summed E-state index contributed by atoms with van der Waals surface area (Å²) in [6, 6.07) is 11.1. The van der Waals surface area contributed by atoms with E-state index in [2.05, 4.69) is 31.9 Å². The van der Waals surface area contributed by atoms with Crippen LogP contribution in [0.25, 0.3) is 0 Å². The number of aromatic nitrogens is 2. The van der Waals surface area contributed by atoms with Crippen molar-refractivity contribution in [3.8, 4) is 0 Å². The van der Waals surface area contributed by atoms with E-state index in [-0.39, 0.29) is 95.0 Å². The zero-order valence-electron chi connectivity index (χ0n) is 46.4. The van der Waals surface area contributed by atoms with Gasteiger partial charge in [0.25, 0.3) is 11.8 Å². The van der Waals surface area contributed by atoms with Crippen molar-refractivity contribution < 1.29 is 47.1 Å². The number of benzene rings is 3. The molecule has 2 saturated carbocycles. The summed E-state index contributed by atoms with van der Waals surface area (Å²) in [6.45, 7) is 3.59. The molecule has 2 saturated heterocycles. The van der Waals surface area contributed by atoms with Crippen LogP contribution in [0.3, 0.4) is 0 Å². The largest absolute Gasteiger partial charge is 0.347 e. The topological polar surface area (TPSA) is 241 Å². The molecule has 3 aromatic carbocycles. The lowest BCUT2D eigenvalue weighted by Crippen LogP contribution is -2.56. The highest BCUT2D eigenvalue weighted by atomic mass is 32.1. The number of likely N-dealkylation sites (tertiary alicyclic amines) is 2. The molecule has 18 nitrogen and oxygen atoms in total. The molecule has 82 heavy (non-hydrogen) atoms. The Hall–Kier alpha value is -7.14. The van der Waals surface area contributed by atoms with Crippen molar-refractivity contribution in [3.05, 3.63) is 139 Å². The fraction of sp³-hybridized carbons (Fsp3) is 0.467. The highest BCUT2D eigenvalue weighted by Gasteiger charge is 2.46. The van der Waals surface area contributed by atoms with Gasteiger partial charge in [-0.3, -0.25) is 38.4 Å². The Bertz CT molecular complexity index is 2920. The van der Waals surface area contributed by atoms with E-state index in [9.17, 15) is 47.1 Å². The van der Waals surface area contributed by atoms with E-state index in [0.29, 0.717) is 10.0 Å². The number of ketones is 2.